The van der Waals surface area contributed by atoms with E-state index in [1.54, 1.807) is 16.2 Å². The monoisotopic (exact) mass is 351 g/mol. The lowest BCUT2D eigenvalue weighted by atomic mass is 10.2. The maximum absolute atomic E-state index is 12.4. The van der Waals surface area contributed by atoms with Crippen LogP contribution in [0.3, 0.4) is 0 Å². The van der Waals surface area contributed by atoms with Gasteiger partial charge in [-0.15, -0.1) is 11.3 Å². The lowest BCUT2D eigenvalue weighted by Crippen LogP contribution is -2.31. The van der Waals surface area contributed by atoms with E-state index in [-0.39, 0.29) is 6.03 Å². The second kappa shape index (κ2) is 5.46. The largest absolute Gasteiger partial charge is 0.399 e. The fraction of sp³-hybridized carbons (Fsp3) is 0.214. The molecule has 4 nitrogen and oxygen atoms in total. The Hall–Kier alpha value is -1.53. The average molecular weight is 352 g/mol. The van der Waals surface area contributed by atoms with Crippen molar-refractivity contribution in [3.8, 4) is 0 Å². The highest BCUT2D eigenvalue weighted by Crippen LogP contribution is 2.25. The number of hydrogen-bond acceptors (Lipinski definition) is 3. The quantitative estimate of drug-likeness (QED) is 0.859. The minimum Gasteiger partial charge on any atom is -0.399 e. The van der Waals surface area contributed by atoms with Crippen LogP contribution >= 0.6 is 27.3 Å². The normalized spacial score (nSPS) is 15.2. The highest BCUT2D eigenvalue weighted by molar-refractivity contribution is 9.10. The Morgan fingerprint density at radius 1 is 1.25 bits per heavy atom. The van der Waals surface area contributed by atoms with Crippen LogP contribution in [-0.2, 0) is 6.54 Å². The SMILES string of the molecule is Nc1ccc(N2CCN(Cc3cc(Br)cs3)C2=O)cc1. The van der Waals surface area contributed by atoms with Crippen molar-refractivity contribution in [3.05, 3.63) is 45.1 Å². The van der Waals surface area contributed by atoms with Gasteiger partial charge in [0.1, 0.15) is 0 Å². The summed E-state index contributed by atoms with van der Waals surface area (Å²) in [4.78, 5) is 17.3. The molecule has 2 heterocycles. The Kier molecular flexibility index (Phi) is 3.67. The summed E-state index contributed by atoms with van der Waals surface area (Å²) in [6.45, 7) is 2.13. The first kappa shape index (κ1) is 13.5. The number of hydrogen-bond donors (Lipinski definition) is 1. The molecule has 2 amide bonds. The predicted molar refractivity (Wildman–Crippen MR) is 86.0 cm³/mol. The van der Waals surface area contributed by atoms with Gasteiger partial charge in [-0.2, -0.15) is 0 Å². The molecule has 0 saturated carbocycles. The summed E-state index contributed by atoms with van der Waals surface area (Å²) < 4.78 is 1.07. The number of carbonyl (C=O) groups excluding carboxylic acids is 1. The molecule has 20 heavy (non-hydrogen) atoms. The Labute approximate surface area is 129 Å². The van der Waals surface area contributed by atoms with Gasteiger partial charge in [0.2, 0.25) is 0 Å². The molecule has 1 saturated heterocycles. The predicted octanol–water partition coefficient (Wildman–Crippen LogP) is 3.54. The molecular formula is C14H14BrN3OS. The van der Waals surface area contributed by atoms with Gasteiger partial charge in [-0.3, -0.25) is 4.90 Å². The lowest BCUT2D eigenvalue weighted by molar-refractivity contribution is 0.219. The van der Waals surface area contributed by atoms with Crippen molar-refractivity contribution in [1.29, 1.82) is 0 Å². The maximum atomic E-state index is 12.4. The second-order valence-corrected chi connectivity index (χ2v) is 6.59. The Balaban J connectivity index is 1.72. The molecular weight excluding hydrogens is 338 g/mol. The van der Waals surface area contributed by atoms with Crippen molar-refractivity contribution in [2.45, 2.75) is 6.54 Å². The van der Waals surface area contributed by atoms with Crippen molar-refractivity contribution in [2.75, 3.05) is 23.7 Å². The van der Waals surface area contributed by atoms with Gasteiger partial charge < -0.3 is 10.6 Å². The molecule has 104 valence electrons. The minimum atomic E-state index is 0.0549. The van der Waals surface area contributed by atoms with Gasteiger partial charge in [0.15, 0.2) is 0 Å². The van der Waals surface area contributed by atoms with E-state index in [4.69, 9.17) is 5.73 Å². The molecule has 2 aromatic rings. The summed E-state index contributed by atoms with van der Waals surface area (Å²) in [5.74, 6) is 0. The molecule has 0 aliphatic carbocycles. The summed E-state index contributed by atoms with van der Waals surface area (Å²) in [5, 5.41) is 2.04. The number of rotatable bonds is 3. The van der Waals surface area contributed by atoms with E-state index in [0.29, 0.717) is 12.2 Å². The topological polar surface area (TPSA) is 49.6 Å². The molecule has 1 aromatic heterocycles. The van der Waals surface area contributed by atoms with Crippen molar-refractivity contribution in [1.82, 2.24) is 4.90 Å². The maximum Gasteiger partial charge on any atom is 0.324 e. The zero-order valence-electron chi connectivity index (χ0n) is 10.8. The van der Waals surface area contributed by atoms with Gasteiger partial charge in [0.05, 0.1) is 6.54 Å². The zero-order chi connectivity index (χ0) is 14.1. The molecule has 1 aliphatic rings. The van der Waals surface area contributed by atoms with Gasteiger partial charge in [-0.05, 0) is 46.3 Å². The van der Waals surface area contributed by atoms with E-state index in [9.17, 15) is 4.79 Å². The fourth-order valence-electron chi connectivity index (χ4n) is 2.25. The van der Waals surface area contributed by atoms with Gasteiger partial charge in [0, 0.05) is 39.2 Å². The number of carbonyl (C=O) groups is 1. The summed E-state index contributed by atoms with van der Waals surface area (Å²) in [7, 11) is 0. The molecule has 0 radical (unpaired) electrons. The molecule has 6 heteroatoms. The summed E-state index contributed by atoms with van der Waals surface area (Å²) in [5.41, 5.74) is 7.29. The summed E-state index contributed by atoms with van der Waals surface area (Å²) in [6, 6.07) is 9.53. The van der Waals surface area contributed by atoms with Gasteiger partial charge in [-0.1, -0.05) is 0 Å². The van der Waals surface area contributed by atoms with Crippen molar-refractivity contribution in [3.63, 3.8) is 0 Å². The van der Waals surface area contributed by atoms with Crippen LogP contribution in [0.1, 0.15) is 4.88 Å². The van der Waals surface area contributed by atoms with Crippen LogP contribution in [0.4, 0.5) is 16.2 Å². The second-order valence-electron chi connectivity index (χ2n) is 4.68. The Morgan fingerprint density at radius 3 is 2.65 bits per heavy atom. The van der Waals surface area contributed by atoms with E-state index >= 15 is 0 Å². The molecule has 0 atom stereocenters. The molecule has 3 rings (SSSR count). The first-order valence-electron chi connectivity index (χ1n) is 6.28. The third-order valence-corrected chi connectivity index (χ3v) is 4.95. The number of halogens is 1. The number of nitrogen functional groups attached to an aromatic ring is 1. The van der Waals surface area contributed by atoms with Gasteiger partial charge >= 0.3 is 6.03 Å². The van der Waals surface area contributed by atoms with Crippen LogP contribution in [0.2, 0.25) is 0 Å². The van der Waals surface area contributed by atoms with E-state index in [1.165, 1.54) is 4.88 Å². The standard InChI is InChI=1S/C14H14BrN3OS/c15-10-7-13(20-9-10)8-17-5-6-18(14(17)19)12-3-1-11(16)2-4-12/h1-4,7,9H,5-6,8,16H2. The molecule has 0 unspecified atom stereocenters. The molecule has 0 spiro atoms. The third-order valence-electron chi connectivity index (χ3n) is 3.27. The highest BCUT2D eigenvalue weighted by Gasteiger charge is 2.29. The van der Waals surface area contributed by atoms with Crippen LogP contribution in [0.25, 0.3) is 0 Å². The Bertz CT molecular complexity index is 626. The van der Waals surface area contributed by atoms with Crippen LogP contribution in [0.5, 0.6) is 0 Å². The van der Waals surface area contributed by atoms with Crippen molar-refractivity contribution < 1.29 is 4.79 Å². The van der Waals surface area contributed by atoms with Gasteiger partial charge in [-0.25, -0.2) is 4.79 Å². The molecule has 1 aliphatic heterocycles. The summed E-state index contributed by atoms with van der Waals surface area (Å²) in [6.07, 6.45) is 0. The number of benzene rings is 1. The van der Waals surface area contributed by atoms with E-state index in [1.807, 2.05) is 34.5 Å². The van der Waals surface area contributed by atoms with Crippen LogP contribution in [-0.4, -0.2) is 24.0 Å². The first-order chi connectivity index (χ1) is 9.63. The zero-order valence-corrected chi connectivity index (χ0v) is 13.2. The number of nitrogens with two attached hydrogens (primary N) is 1. The number of amides is 2. The molecule has 1 aromatic carbocycles. The molecule has 1 fully saturated rings. The highest BCUT2D eigenvalue weighted by atomic mass is 79.9. The van der Waals surface area contributed by atoms with Crippen LogP contribution < -0.4 is 10.6 Å². The average Bonchev–Trinajstić information content (AvgIpc) is 2.99. The van der Waals surface area contributed by atoms with Gasteiger partial charge in [0.25, 0.3) is 0 Å². The fourth-order valence-corrected chi connectivity index (χ4v) is 3.71. The van der Waals surface area contributed by atoms with E-state index < -0.39 is 0 Å². The van der Waals surface area contributed by atoms with Crippen LogP contribution in [0, 0.1) is 0 Å². The van der Waals surface area contributed by atoms with E-state index in [2.05, 4.69) is 22.0 Å². The number of thiophene rings is 1. The minimum absolute atomic E-state index is 0.0549. The third kappa shape index (κ3) is 2.66. The number of nitrogens with zero attached hydrogens (tertiary/aromatic N) is 2. The number of anilines is 2. The lowest BCUT2D eigenvalue weighted by Gasteiger charge is -2.18. The number of urea groups is 1. The van der Waals surface area contributed by atoms with Crippen molar-refractivity contribution in [2.24, 2.45) is 0 Å². The van der Waals surface area contributed by atoms with Crippen molar-refractivity contribution >= 4 is 44.7 Å². The van der Waals surface area contributed by atoms with E-state index in [0.717, 1.165) is 23.2 Å². The molecule has 2 N–H and O–H groups in total. The summed E-state index contributed by atoms with van der Waals surface area (Å²) >= 11 is 5.10. The smallest absolute Gasteiger partial charge is 0.324 e. The molecule has 0 bridgehead atoms. The first-order valence-corrected chi connectivity index (χ1v) is 7.95. The Morgan fingerprint density at radius 2 is 2.00 bits per heavy atom. The van der Waals surface area contributed by atoms with Crippen LogP contribution in [0.15, 0.2) is 40.2 Å².